The van der Waals surface area contributed by atoms with Gasteiger partial charge in [0.15, 0.2) is 0 Å². The van der Waals surface area contributed by atoms with Crippen LogP contribution < -0.4 is 29.6 Å². The molecule has 0 spiro atoms. The van der Waals surface area contributed by atoms with Gasteiger partial charge in [-0.15, -0.1) is 0 Å². The minimum Gasteiger partial charge on any atom is -2.00 e. The minimum atomic E-state index is 0. The van der Waals surface area contributed by atoms with Crippen molar-refractivity contribution in [2.45, 2.75) is 0 Å². The SMILES string of the molecule is [Cr+3].[Na+].[O-2].[O-2]. The molecule has 4 heteroatoms. The van der Waals surface area contributed by atoms with E-state index in [4.69, 9.17) is 0 Å². The molecule has 0 atom stereocenters. The van der Waals surface area contributed by atoms with Crippen LogP contribution in [-0.2, 0) is 28.3 Å². The molecule has 0 unspecified atom stereocenters. The van der Waals surface area contributed by atoms with E-state index in [2.05, 4.69) is 0 Å². The second-order valence-corrected chi connectivity index (χ2v) is 0. The molecule has 0 aromatic rings. The van der Waals surface area contributed by atoms with E-state index in [0.29, 0.717) is 0 Å². The van der Waals surface area contributed by atoms with Gasteiger partial charge in [0.2, 0.25) is 0 Å². The number of hydrogen-bond donors (Lipinski definition) is 0. The van der Waals surface area contributed by atoms with Crippen LogP contribution >= 0.6 is 0 Å². The molecule has 0 heterocycles. The third kappa shape index (κ3) is 9.84. The maximum absolute atomic E-state index is 0. The van der Waals surface area contributed by atoms with Gasteiger partial charge in [-0.25, -0.2) is 0 Å². The topological polar surface area (TPSA) is 57.0 Å². The van der Waals surface area contributed by atoms with E-state index in [1.54, 1.807) is 0 Å². The first-order valence-corrected chi connectivity index (χ1v) is 0. The van der Waals surface area contributed by atoms with Crippen LogP contribution in [0.3, 0.4) is 0 Å². The molecule has 0 rings (SSSR count). The standard InChI is InChI=1S/Cr.Na.2O/q+3;+1;2*-2. The Morgan fingerprint density at radius 2 is 0.750 bits per heavy atom. The quantitative estimate of drug-likeness (QED) is 0.292. The van der Waals surface area contributed by atoms with Gasteiger partial charge in [-0.05, 0) is 0 Å². The molecular formula is CrNaO2. The van der Waals surface area contributed by atoms with E-state index >= 15 is 0 Å². The van der Waals surface area contributed by atoms with Gasteiger partial charge >= 0.3 is 46.9 Å². The molecule has 0 bridgehead atoms. The van der Waals surface area contributed by atoms with E-state index < -0.39 is 0 Å². The van der Waals surface area contributed by atoms with Crippen molar-refractivity contribution < 1.29 is 57.9 Å². The molecule has 0 amide bonds. The molecule has 0 aliphatic carbocycles. The Morgan fingerprint density at radius 3 is 0.750 bits per heavy atom. The predicted molar refractivity (Wildman–Crippen MR) is 1.37 cm³/mol. The van der Waals surface area contributed by atoms with E-state index in [-0.39, 0.29) is 57.9 Å². The summed E-state index contributed by atoms with van der Waals surface area (Å²) in [6.45, 7) is 0. The van der Waals surface area contributed by atoms with Crippen molar-refractivity contribution in [3.05, 3.63) is 0 Å². The van der Waals surface area contributed by atoms with Crippen LogP contribution in [0.5, 0.6) is 0 Å². The van der Waals surface area contributed by atoms with E-state index in [1.165, 1.54) is 0 Å². The molecule has 2 nitrogen and oxygen atoms in total. The Hall–Kier alpha value is 1.45. The third-order valence-corrected chi connectivity index (χ3v) is 0. The second kappa shape index (κ2) is 25.2. The third-order valence-electron chi connectivity index (χ3n) is 0. The summed E-state index contributed by atoms with van der Waals surface area (Å²) in [5, 5.41) is 0. The van der Waals surface area contributed by atoms with E-state index in [0.717, 1.165) is 0 Å². The van der Waals surface area contributed by atoms with Crippen molar-refractivity contribution in [3.63, 3.8) is 0 Å². The van der Waals surface area contributed by atoms with Gasteiger partial charge in [0, 0.05) is 0 Å². The van der Waals surface area contributed by atoms with Crippen molar-refractivity contribution in [2.24, 2.45) is 0 Å². The monoisotopic (exact) mass is 107 g/mol. The number of hydrogen-bond acceptors (Lipinski definition) is 0. The average molecular weight is 107 g/mol. The maximum atomic E-state index is 0. The van der Waals surface area contributed by atoms with Crippen LogP contribution in [-0.4, -0.2) is 0 Å². The van der Waals surface area contributed by atoms with Gasteiger partial charge in [0.25, 0.3) is 0 Å². The normalized spacial score (nSPS) is 0. The minimum absolute atomic E-state index is 0. The van der Waals surface area contributed by atoms with Crippen LogP contribution in [0.15, 0.2) is 0 Å². The largest absolute Gasteiger partial charge is 3.00 e. The predicted octanol–water partition coefficient (Wildman–Crippen LogP) is -3.24. The van der Waals surface area contributed by atoms with Gasteiger partial charge in [-0.2, -0.15) is 0 Å². The van der Waals surface area contributed by atoms with Gasteiger partial charge in [0.1, 0.15) is 0 Å². The van der Waals surface area contributed by atoms with Gasteiger partial charge in [0.05, 0.1) is 0 Å². The summed E-state index contributed by atoms with van der Waals surface area (Å²) in [6, 6.07) is 0. The van der Waals surface area contributed by atoms with Crippen LogP contribution in [0.1, 0.15) is 0 Å². The van der Waals surface area contributed by atoms with Crippen LogP contribution in [0.4, 0.5) is 0 Å². The molecular weight excluding hydrogens is 107 g/mol. The summed E-state index contributed by atoms with van der Waals surface area (Å²) in [6.07, 6.45) is 0. The first kappa shape index (κ1) is 51.2. The molecule has 0 aromatic carbocycles. The summed E-state index contributed by atoms with van der Waals surface area (Å²) >= 11 is 0. The second-order valence-electron chi connectivity index (χ2n) is 0. The molecule has 0 fully saturated rings. The number of rotatable bonds is 0. The Balaban J connectivity index is 0. The molecule has 4 heavy (non-hydrogen) atoms. The Kier molecular flexibility index (Phi) is 322. The zero-order chi connectivity index (χ0) is 0. The Labute approximate surface area is 57.6 Å². The molecule has 0 aromatic heterocycles. The summed E-state index contributed by atoms with van der Waals surface area (Å²) in [5.41, 5.74) is 0. The van der Waals surface area contributed by atoms with Crippen molar-refractivity contribution in [1.29, 1.82) is 0 Å². The van der Waals surface area contributed by atoms with Crippen LogP contribution in [0.2, 0.25) is 0 Å². The summed E-state index contributed by atoms with van der Waals surface area (Å²) in [5.74, 6) is 0. The van der Waals surface area contributed by atoms with Crippen molar-refractivity contribution in [2.75, 3.05) is 0 Å². The molecule has 0 saturated heterocycles. The van der Waals surface area contributed by atoms with Crippen molar-refractivity contribution >= 4 is 0 Å². The Bertz CT molecular complexity index is 6.00. The molecule has 0 aliphatic heterocycles. The molecule has 1 radical (unpaired) electrons. The molecule has 0 aliphatic rings. The maximum Gasteiger partial charge on any atom is 3.00 e. The molecule has 0 N–H and O–H groups in total. The van der Waals surface area contributed by atoms with Gasteiger partial charge in [-0.3, -0.25) is 0 Å². The first-order chi connectivity index (χ1) is 0. The first-order valence-electron chi connectivity index (χ1n) is 0. The van der Waals surface area contributed by atoms with Gasteiger partial charge < -0.3 is 11.0 Å². The Morgan fingerprint density at radius 1 is 0.750 bits per heavy atom. The molecule has 0 saturated carbocycles. The zero-order valence-electron chi connectivity index (χ0n) is 2.22. The van der Waals surface area contributed by atoms with Crippen molar-refractivity contribution in [3.8, 4) is 0 Å². The van der Waals surface area contributed by atoms with Crippen LogP contribution in [0.25, 0.3) is 0 Å². The fourth-order valence-corrected chi connectivity index (χ4v) is 0. The average Bonchev–Trinajstić information content (AvgIpc) is 0. The fraction of sp³-hybridized carbons (Fsp3) is 0. The van der Waals surface area contributed by atoms with Crippen molar-refractivity contribution in [1.82, 2.24) is 0 Å². The molecule has 19 valence electrons. The van der Waals surface area contributed by atoms with Crippen LogP contribution in [0, 0.1) is 0 Å². The summed E-state index contributed by atoms with van der Waals surface area (Å²) in [4.78, 5) is 0. The summed E-state index contributed by atoms with van der Waals surface area (Å²) < 4.78 is 0. The smallest absolute Gasteiger partial charge is 2.00 e. The fourth-order valence-electron chi connectivity index (χ4n) is 0. The van der Waals surface area contributed by atoms with E-state index in [1.807, 2.05) is 0 Å². The van der Waals surface area contributed by atoms with E-state index in [9.17, 15) is 0 Å². The van der Waals surface area contributed by atoms with Gasteiger partial charge in [-0.1, -0.05) is 0 Å². The zero-order valence-corrected chi connectivity index (χ0v) is 5.50. The summed E-state index contributed by atoms with van der Waals surface area (Å²) in [7, 11) is 0.